The Morgan fingerprint density at radius 2 is 1.80 bits per heavy atom. The Morgan fingerprint density at radius 1 is 1.10 bits per heavy atom. The zero-order valence-corrected chi connectivity index (χ0v) is 13.0. The van der Waals surface area contributed by atoms with Crippen LogP contribution in [0.3, 0.4) is 0 Å². The molecule has 0 spiro atoms. The van der Waals surface area contributed by atoms with Crippen LogP contribution in [-0.2, 0) is 5.41 Å². The first-order valence-electron chi connectivity index (χ1n) is 6.48. The number of benzene rings is 2. The molecule has 0 atom stereocenters. The Balaban J connectivity index is 2.10. The number of nitrogens with one attached hydrogen (secondary N) is 1. The van der Waals surface area contributed by atoms with E-state index < -0.39 is 0 Å². The van der Waals surface area contributed by atoms with Crippen LogP contribution in [0.5, 0.6) is 0 Å². The molecule has 3 aromatic rings. The number of nitrogens with two attached hydrogens (primary N) is 1. The molecular formula is C16H16BrN3. The van der Waals surface area contributed by atoms with Crippen molar-refractivity contribution in [2.24, 2.45) is 0 Å². The van der Waals surface area contributed by atoms with Gasteiger partial charge in [0.25, 0.3) is 0 Å². The van der Waals surface area contributed by atoms with Crippen LogP contribution < -0.4 is 5.73 Å². The van der Waals surface area contributed by atoms with Gasteiger partial charge in [0.05, 0.1) is 11.0 Å². The molecule has 0 aliphatic heterocycles. The minimum absolute atomic E-state index is 0.195. The van der Waals surface area contributed by atoms with E-state index in [1.807, 2.05) is 30.3 Å². The van der Waals surface area contributed by atoms with Crippen molar-refractivity contribution >= 4 is 32.7 Å². The van der Waals surface area contributed by atoms with Crippen LogP contribution in [0, 0.1) is 0 Å². The highest BCUT2D eigenvalue weighted by Crippen LogP contribution is 2.31. The maximum Gasteiger partial charge on any atom is 0.117 e. The molecule has 0 saturated heterocycles. The molecule has 3 rings (SSSR count). The van der Waals surface area contributed by atoms with Gasteiger partial charge in [0.1, 0.15) is 5.82 Å². The standard InChI is InChI=1S/C16H16BrN3/c1-16(2,10-3-6-12(18)7-4-10)15-19-13-8-5-11(17)9-14(13)20-15/h3-9H,18H2,1-2H3,(H,19,20). The highest BCUT2D eigenvalue weighted by molar-refractivity contribution is 9.10. The van der Waals surface area contributed by atoms with Crippen molar-refractivity contribution in [3.05, 3.63) is 58.3 Å². The lowest BCUT2D eigenvalue weighted by molar-refractivity contribution is 0.601. The van der Waals surface area contributed by atoms with E-state index in [1.54, 1.807) is 0 Å². The van der Waals surface area contributed by atoms with Crippen LogP contribution in [0.25, 0.3) is 11.0 Å². The summed E-state index contributed by atoms with van der Waals surface area (Å²) in [5.74, 6) is 0.954. The summed E-state index contributed by atoms with van der Waals surface area (Å²) in [5.41, 5.74) is 9.54. The molecule has 20 heavy (non-hydrogen) atoms. The summed E-state index contributed by atoms with van der Waals surface area (Å²) in [4.78, 5) is 8.13. The fourth-order valence-corrected chi connectivity index (χ4v) is 2.68. The monoisotopic (exact) mass is 329 g/mol. The Hall–Kier alpha value is -1.81. The maximum atomic E-state index is 5.76. The number of rotatable bonds is 2. The molecule has 1 heterocycles. The van der Waals surface area contributed by atoms with E-state index in [-0.39, 0.29) is 5.41 Å². The van der Waals surface area contributed by atoms with Gasteiger partial charge in [-0.1, -0.05) is 28.1 Å². The molecule has 0 aliphatic rings. The molecule has 3 nitrogen and oxygen atoms in total. The molecule has 0 bridgehead atoms. The third-order valence-electron chi connectivity index (χ3n) is 3.67. The number of halogens is 1. The van der Waals surface area contributed by atoms with Gasteiger partial charge < -0.3 is 10.7 Å². The number of imidazole rings is 1. The van der Waals surface area contributed by atoms with Crippen molar-refractivity contribution in [2.75, 3.05) is 5.73 Å². The fraction of sp³-hybridized carbons (Fsp3) is 0.188. The van der Waals surface area contributed by atoms with Gasteiger partial charge in [-0.15, -0.1) is 0 Å². The quantitative estimate of drug-likeness (QED) is 0.691. The third-order valence-corrected chi connectivity index (χ3v) is 4.16. The number of nitrogens with zero attached hydrogens (tertiary/aromatic N) is 1. The summed E-state index contributed by atoms with van der Waals surface area (Å²) in [6, 6.07) is 14.0. The lowest BCUT2D eigenvalue weighted by Crippen LogP contribution is -2.20. The first-order chi connectivity index (χ1) is 9.46. The molecule has 0 amide bonds. The largest absolute Gasteiger partial charge is 0.399 e. The molecule has 2 aromatic carbocycles. The van der Waals surface area contributed by atoms with Gasteiger partial charge in [0.2, 0.25) is 0 Å². The molecule has 0 fully saturated rings. The van der Waals surface area contributed by atoms with Crippen molar-refractivity contribution in [1.82, 2.24) is 9.97 Å². The van der Waals surface area contributed by atoms with Crippen molar-refractivity contribution in [3.8, 4) is 0 Å². The summed E-state index contributed by atoms with van der Waals surface area (Å²) < 4.78 is 1.05. The molecule has 0 unspecified atom stereocenters. The average Bonchev–Trinajstić information content (AvgIpc) is 2.83. The summed E-state index contributed by atoms with van der Waals surface area (Å²) in [5, 5.41) is 0. The van der Waals surface area contributed by atoms with Crippen LogP contribution in [0.2, 0.25) is 0 Å². The fourth-order valence-electron chi connectivity index (χ4n) is 2.31. The van der Waals surface area contributed by atoms with Crippen molar-refractivity contribution in [3.63, 3.8) is 0 Å². The first-order valence-corrected chi connectivity index (χ1v) is 7.28. The molecule has 0 saturated carbocycles. The Kier molecular flexibility index (Phi) is 3.05. The SMILES string of the molecule is CC(C)(c1ccc(N)cc1)c1nc2ccc(Br)cc2[nH]1. The highest BCUT2D eigenvalue weighted by Gasteiger charge is 2.26. The zero-order chi connectivity index (χ0) is 14.3. The number of hydrogen-bond donors (Lipinski definition) is 2. The lowest BCUT2D eigenvalue weighted by Gasteiger charge is -2.22. The zero-order valence-electron chi connectivity index (χ0n) is 11.4. The van der Waals surface area contributed by atoms with Gasteiger partial charge in [-0.05, 0) is 49.7 Å². The number of nitrogen functional groups attached to an aromatic ring is 1. The molecule has 0 radical (unpaired) electrons. The first kappa shape index (κ1) is 13.2. The normalized spacial score (nSPS) is 11.9. The Bertz CT molecular complexity index is 757. The molecule has 1 aromatic heterocycles. The van der Waals surface area contributed by atoms with E-state index in [4.69, 9.17) is 10.7 Å². The molecule has 0 aliphatic carbocycles. The number of aromatic amines is 1. The van der Waals surface area contributed by atoms with Crippen LogP contribution in [0.1, 0.15) is 25.2 Å². The van der Waals surface area contributed by atoms with E-state index in [2.05, 4.69) is 46.9 Å². The maximum absolute atomic E-state index is 5.76. The average molecular weight is 330 g/mol. The second-order valence-corrected chi connectivity index (χ2v) is 6.41. The topological polar surface area (TPSA) is 54.7 Å². The van der Waals surface area contributed by atoms with Gasteiger partial charge in [0, 0.05) is 15.6 Å². The van der Waals surface area contributed by atoms with Gasteiger partial charge in [-0.3, -0.25) is 0 Å². The summed E-state index contributed by atoms with van der Waals surface area (Å²) in [6.07, 6.45) is 0. The van der Waals surface area contributed by atoms with E-state index in [1.165, 1.54) is 5.56 Å². The predicted octanol–water partition coefficient (Wildman–Crippen LogP) is 4.23. The summed E-state index contributed by atoms with van der Waals surface area (Å²) in [6.45, 7) is 4.32. The van der Waals surface area contributed by atoms with Crippen molar-refractivity contribution in [1.29, 1.82) is 0 Å². The van der Waals surface area contributed by atoms with Crippen molar-refractivity contribution in [2.45, 2.75) is 19.3 Å². The summed E-state index contributed by atoms with van der Waals surface area (Å²) in [7, 11) is 0. The smallest absolute Gasteiger partial charge is 0.117 e. The summed E-state index contributed by atoms with van der Waals surface area (Å²) >= 11 is 3.48. The van der Waals surface area contributed by atoms with E-state index >= 15 is 0 Å². The van der Waals surface area contributed by atoms with Crippen LogP contribution >= 0.6 is 15.9 Å². The molecule has 3 N–H and O–H groups in total. The third kappa shape index (κ3) is 2.20. The molecule has 4 heteroatoms. The van der Waals surface area contributed by atoms with Gasteiger partial charge >= 0.3 is 0 Å². The van der Waals surface area contributed by atoms with Gasteiger partial charge in [0.15, 0.2) is 0 Å². The second-order valence-electron chi connectivity index (χ2n) is 5.49. The van der Waals surface area contributed by atoms with Gasteiger partial charge in [-0.2, -0.15) is 0 Å². The minimum atomic E-state index is -0.195. The van der Waals surface area contributed by atoms with E-state index in [0.717, 1.165) is 27.0 Å². The number of hydrogen-bond acceptors (Lipinski definition) is 2. The van der Waals surface area contributed by atoms with Crippen molar-refractivity contribution < 1.29 is 0 Å². The molecule has 102 valence electrons. The molecular weight excluding hydrogens is 314 g/mol. The number of aromatic nitrogens is 2. The number of H-pyrrole nitrogens is 1. The number of anilines is 1. The van der Waals surface area contributed by atoms with E-state index in [9.17, 15) is 0 Å². The van der Waals surface area contributed by atoms with Crippen LogP contribution in [0.4, 0.5) is 5.69 Å². The van der Waals surface area contributed by atoms with Crippen LogP contribution in [-0.4, -0.2) is 9.97 Å². The van der Waals surface area contributed by atoms with Gasteiger partial charge in [-0.25, -0.2) is 4.98 Å². The Morgan fingerprint density at radius 3 is 2.50 bits per heavy atom. The number of fused-ring (bicyclic) bond motifs is 1. The minimum Gasteiger partial charge on any atom is -0.399 e. The lowest BCUT2D eigenvalue weighted by atomic mass is 9.84. The predicted molar refractivity (Wildman–Crippen MR) is 86.8 cm³/mol. The van der Waals surface area contributed by atoms with E-state index in [0.29, 0.717) is 0 Å². The van der Waals surface area contributed by atoms with Crippen LogP contribution in [0.15, 0.2) is 46.9 Å². The Labute approximate surface area is 126 Å². The second kappa shape index (κ2) is 4.63. The highest BCUT2D eigenvalue weighted by atomic mass is 79.9.